The molecular weight excluding hydrogens is 452 g/mol. The average molecular weight is 475 g/mol. The molecule has 1 amide bonds. The molecule has 0 saturated heterocycles. The number of ether oxygens (including phenoxy) is 2. The Morgan fingerprint density at radius 2 is 1.62 bits per heavy atom. The van der Waals surface area contributed by atoms with Crippen molar-refractivity contribution in [1.82, 2.24) is 0 Å². The zero-order chi connectivity index (χ0) is 23.3. The van der Waals surface area contributed by atoms with Crippen LogP contribution < -0.4 is 19.1 Å². The van der Waals surface area contributed by atoms with Crippen molar-refractivity contribution in [2.45, 2.75) is 11.8 Å². The number of methoxy groups -OCH3 is 1. The minimum absolute atomic E-state index is 0.0585. The molecule has 7 nitrogen and oxygen atoms in total. The van der Waals surface area contributed by atoms with E-state index in [0.29, 0.717) is 27.9 Å². The molecule has 0 aliphatic rings. The molecule has 3 aromatic rings. The predicted octanol–water partition coefficient (Wildman–Crippen LogP) is 4.50. The van der Waals surface area contributed by atoms with Crippen molar-refractivity contribution in [3.05, 3.63) is 77.3 Å². The highest BCUT2D eigenvalue weighted by molar-refractivity contribution is 7.92. The monoisotopic (exact) mass is 474 g/mol. The molecule has 0 aromatic heterocycles. The van der Waals surface area contributed by atoms with Crippen LogP contribution in [0.1, 0.15) is 5.56 Å². The van der Waals surface area contributed by atoms with E-state index in [0.717, 1.165) is 5.56 Å². The smallest absolute Gasteiger partial charge is 0.264 e. The summed E-state index contributed by atoms with van der Waals surface area (Å²) in [6.07, 6.45) is 0. The molecule has 1 N–H and O–H groups in total. The number of nitrogens with zero attached hydrogens (tertiary/aromatic N) is 1. The maximum absolute atomic E-state index is 12.6. The first kappa shape index (κ1) is 23.4. The van der Waals surface area contributed by atoms with E-state index in [1.165, 1.54) is 29.2 Å². The lowest BCUT2D eigenvalue weighted by Gasteiger charge is -2.18. The number of rotatable bonds is 8. The number of nitrogens with one attached hydrogen (secondary N) is 1. The third-order valence-corrected chi connectivity index (χ3v) is 6.56. The lowest BCUT2D eigenvalue weighted by atomic mass is 10.2. The van der Waals surface area contributed by atoms with Crippen LogP contribution in [0.3, 0.4) is 0 Å². The molecule has 0 atom stereocenters. The van der Waals surface area contributed by atoms with Crippen molar-refractivity contribution in [3.8, 4) is 11.5 Å². The van der Waals surface area contributed by atoms with Crippen LogP contribution in [0.5, 0.6) is 11.5 Å². The Morgan fingerprint density at radius 1 is 1.00 bits per heavy atom. The highest BCUT2D eigenvalue weighted by Gasteiger charge is 2.16. The molecule has 9 heteroatoms. The topological polar surface area (TPSA) is 84.9 Å². The maximum atomic E-state index is 12.6. The van der Waals surface area contributed by atoms with Gasteiger partial charge in [-0.2, -0.15) is 0 Å². The molecule has 168 valence electrons. The summed E-state index contributed by atoms with van der Waals surface area (Å²) in [5.41, 5.74) is 1.92. The fraction of sp³-hybridized carbons (Fsp3) is 0.174. The summed E-state index contributed by atoms with van der Waals surface area (Å²) in [6.45, 7) is 1.63. The number of carbonyl (C=O) groups is 1. The summed E-state index contributed by atoms with van der Waals surface area (Å²) in [4.78, 5) is 13.9. The van der Waals surface area contributed by atoms with Gasteiger partial charge in [-0.05, 0) is 73.2 Å². The largest absolute Gasteiger partial charge is 0.497 e. The Morgan fingerprint density at radius 3 is 2.22 bits per heavy atom. The van der Waals surface area contributed by atoms with Crippen LogP contribution in [0.25, 0.3) is 0 Å². The summed E-state index contributed by atoms with van der Waals surface area (Å²) in [7, 11) is -0.579. The van der Waals surface area contributed by atoms with E-state index >= 15 is 0 Å². The molecule has 3 aromatic carbocycles. The third kappa shape index (κ3) is 5.72. The molecule has 0 heterocycles. The molecule has 3 rings (SSSR count). The van der Waals surface area contributed by atoms with Gasteiger partial charge in [-0.25, -0.2) is 8.42 Å². The van der Waals surface area contributed by atoms with Gasteiger partial charge < -0.3 is 14.4 Å². The van der Waals surface area contributed by atoms with E-state index in [1.54, 1.807) is 56.6 Å². The van der Waals surface area contributed by atoms with Gasteiger partial charge >= 0.3 is 0 Å². The molecular formula is C23H23ClN2O5S. The van der Waals surface area contributed by atoms with Gasteiger partial charge in [-0.1, -0.05) is 17.7 Å². The van der Waals surface area contributed by atoms with Gasteiger partial charge in [0.1, 0.15) is 11.5 Å². The van der Waals surface area contributed by atoms with Crippen molar-refractivity contribution >= 4 is 38.9 Å². The lowest BCUT2D eigenvalue weighted by molar-refractivity contribution is -0.120. The molecule has 0 saturated carbocycles. The molecule has 0 unspecified atom stereocenters. The fourth-order valence-electron chi connectivity index (χ4n) is 2.78. The van der Waals surface area contributed by atoms with Crippen LogP contribution in [-0.4, -0.2) is 35.1 Å². The first-order valence-electron chi connectivity index (χ1n) is 9.62. The maximum Gasteiger partial charge on any atom is 0.264 e. The zero-order valence-electron chi connectivity index (χ0n) is 17.8. The number of sulfonamides is 1. The summed E-state index contributed by atoms with van der Waals surface area (Å²) in [5, 5.41) is 0.471. The second-order valence-corrected chi connectivity index (χ2v) is 9.07. The molecule has 0 spiro atoms. The minimum Gasteiger partial charge on any atom is -0.497 e. The van der Waals surface area contributed by atoms with Crippen LogP contribution in [0, 0.1) is 6.92 Å². The van der Waals surface area contributed by atoms with Gasteiger partial charge in [0.15, 0.2) is 6.61 Å². The predicted molar refractivity (Wildman–Crippen MR) is 125 cm³/mol. The summed E-state index contributed by atoms with van der Waals surface area (Å²) in [6, 6.07) is 17.8. The van der Waals surface area contributed by atoms with Gasteiger partial charge in [0.25, 0.3) is 15.9 Å². The number of halogens is 1. The fourth-order valence-corrected chi connectivity index (χ4v) is 4.01. The normalized spacial score (nSPS) is 11.0. The molecule has 0 aliphatic heterocycles. The molecule has 0 aliphatic carbocycles. The average Bonchev–Trinajstić information content (AvgIpc) is 2.79. The summed E-state index contributed by atoms with van der Waals surface area (Å²) < 4.78 is 38.3. The van der Waals surface area contributed by atoms with Gasteiger partial charge in [-0.3, -0.25) is 9.52 Å². The molecule has 0 fully saturated rings. The van der Waals surface area contributed by atoms with Crippen molar-refractivity contribution < 1.29 is 22.7 Å². The van der Waals surface area contributed by atoms with Crippen LogP contribution in [0.2, 0.25) is 5.02 Å². The van der Waals surface area contributed by atoms with E-state index in [1.807, 2.05) is 6.92 Å². The number of carbonyl (C=O) groups excluding carboxylic acids is 1. The number of aryl methyl sites for hydroxylation is 1. The van der Waals surface area contributed by atoms with Crippen molar-refractivity contribution in [3.63, 3.8) is 0 Å². The van der Waals surface area contributed by atoms with Crippen LogP contribution in [-0.2, 0) is 14.8 Å². The highest BCUT2D eigenvalue weighted by Crippen LogP contribution is 2.24. The Hall–Kier alpha value is -3.23. The Labute approximate surface area is 192 Å². The van der Waals surface area contributed by atoms with E-state index in [-0.39, 0.29) is 17.4 Å². The third-order valence-electron chi connectivity index (χ3n) is 4.75. The standard InChI is InChI=1S/C23H23ClN2O5S/c1-16-4-5-17(14-22(16)24)25-32(28,29)21-12-10-20(11-13-21)31-15-23(27)26(2)18-6-8-19(30-3)9-7-18/h4-14,25H,15H2,1-3H3. The Balaban J connectivity index is 1.60. The van der Waals surface area contributed by atoms with E-state index < -0.39 is 10.0 Å². The van der Waals surface area contributed by atoms with E-state index in [4.69, 9.17) is 21.1 Å². The van der Waals surface area contributed by atoms with E-state index in [2.05, 4.69) is 4.72 Å². The highest BCUT2D eigenvalue weighted by atomic mass is 35.5. The van der Waals surface area contributed by atoms with Crippen LogP contribution in [0.15, 0.2) is 71.6 Å². The first-order chi connectivity index (χ1) is 15.2. The summed E-state index contributed by atoms with van der Waals surface area (Å²) in [5.74, 6) is 0.810. The van der Waals surface area contributed by atoms with Crippen molar-refractivity contribution in [2.24, 2.45) is 0 Å². The van der Waals surface area contributed by atoms with Gasteiger partial charge in [0, 0.05) is 17.8 Å². The summed E-state index contributed by atoms with van der Waals surface area (Å²) >= 11 is 6.06. The van der Waals surface area contributed by atoms with Crippen LogP contribution >= 0.6 is 11.6 Å². The number of amides is 1. The minimum atomic E-state index is -3.80. The lowest BCUT2D eigenvalue weighted by Crippen LogP contribution is -2.31. The Kier molecular flexibility index (Phi) is 7.27. The second kappa shape index (κ2) is 9.93. The van der Waals surface area contributed by atoms with Crippen LogP contribution in [0.4, 0.5) is 11.4 Å². The number of anilines is 2. The quantitative estimate of drug-likeness (QED) is 0.519. The number of likely N-dealkylation sites (N-methyl/N-ethyl adjacent to an activating group) is 1. The van der Waals surface area contributed by atoms with Crippen molar-refractivity contribution in [2.75, 3.05) is 30.4 Å². The number of hydrogen-bond donors (Lipinski definition) is 1. The van der Waals surface area contributed by atoms with Crippen molar-refractivity contribution in [1.29, 1.82) is 0 Å². The van der Waals surface area contributed by atoms with Gasteiger partial charge in [-0.15, -0.1) is 0 Å². The second-order valence-electron chi connectivity index (χ2n) is 6.98. The zero-order valence-corrected chi connectivity index (χ0v) is 19.4. The van der Waals surface area contributed by atoms with Gasteiger partial charge in [0.05, 0.1) is 17.7 Å². The first-order valence-corrected chi connectivity index (χ1v) is 11.5. The Bertz CT molecular complexity index is 1200. The molecule has 0 bridgehead atoms. The van der Waals surface area contributed by atoms with Gasteiger partial charge in [0.2, 0.25) is 0 Å². The molecule has 32 heavy (non-hydrogen) atoms. The molecule has 0 radical (unpaired) electrons. The van der Waals surface area contributed by atoms with E-state index in [9.17, 15) is 13.2 Å². The number of benzene rings is 3. The number of hydrogen-bond acceptors (Lipinski definition) is 5. The SMILES string of the molecule is COc1ccc(N(C)C(=O)COc2ccc(S(=O)(=O)Nc3ccc(C)c(Cl)c3)cc2)cc1.